The zero-order valence-electron chi connectivity index (χ0n) is 13.0. The molecule has 0 saturated heterocycles. The van der Waals surface area contributed by atoms with Gasteiger partial charge in [0.15, 0.2) is 0 Å². The van der Waals surface area contributed by atoms with Crippen LogP contribution in [0.5, 0.6) is 0 Å². The van der Waals surface area contributed by atoms with Crippen LogP contribution in [-0.2, 0) is 9.47 Å². The van der Waals surface area contributed by atoms with Crippen molar-refractivity contribution in [2.75, 3.05) is 33.9 Å². The van der Waals surface area contributed by atoms with Gasteiger partial charge < -0.3 is 15.2 Å². The molecule has 4 nitrogen and oxygen atoms in total. The van der Waals surface area contributed by atoms with Gasteiger partial charge in [-0.3, -0.25) is 4.90 Å². The van der Waals surface area contributed by atoms with Gasteiger partial charge in [-0.2, -0.15) is 0 Å². The molecule has 2 unspecified atom stereocenters. The third kappa shape index (κ3) is 4.19. The average Bonchev–Trinajstić information content (AvgIpc) is 2.41. The Kier molecular flexibility index (Phi) is 8.78. The van der Waals surface area contributed by atoms with Crippen molar-refractivity contribution in [3.63, 3.8) is 0 Å². The molecule has 0 aromatic carbocycles. The van der Waals surface area contributed by atoms with Gasteiger partial charge in [0.05, 0.1) is 18.2 Å². The highest BCUT2D eigenvalue weighted by molar-refractivity contribution is 4.95. The maximum absolute atomic E-state index is 6.04. The molecule has 0 radical (unpaired) electrons. The molecule has 0 aliphatic rings. The molecule has 0 spiro atoms. The van der Waals surface area contributed by atoms with Crippen LogP contribution in [0.25, 0.3) is 0 Å². The van der Waals surface area contributed by atoms with E-state index in [4.69, 9.17) is 15.2 Å². The first-order chi connectivity index (χ1) is 8.51. The van der Waals surface area contributed by atoms with Gasteiger partial charge in [0.25, 0.3) is 0 Å². The number of methoxy groups -OCH3 is 2. The Bertz CT molecular complexity index is 210. The highest BCUT2D eigenvalue weighted by Gasteiger charge is 2.39. The van der Waals surface area contributed by atoms with Crippen molar-refractivity contribution in [1.29, 1.82) is 0 Å². The van der Waals surface area contributed by atoms with Crippen molar-refractivity contribution in [2.24, 2.45) is 5.73 Å². The van der Waals surface area contributed by atoms with E-state index in [2.05, 4.69) is 32.6 Å². The summed E-state index contributed by atoms with van der Waals surface area (Å²) in [6.45, 7) is 10.9. The minimum Gasteiger partial charge on any atom is -0.383 e. The molecule has 0 heterocycles. The van der Waals surface area contributed by atoms with Crippen LogP contribution in [0, 0.1) is 0 Å². The maximum atomic E-state index is 6.04. The van der Waals surface area contributed by atoms with Gasteiger partial charge in [-0.1, -0.05) is 13.8 Å². The molecule has 0 aromatic rings. The lowest BCUT2D eigenvalue weighted by Crippen LogP contribution is -2.62. The van der Waals surface area contributed by atoms with E-state index in [0.717, 1.165) is 26.0 Å². The van der Waals surface area contributed by atoms with E-state index in [-0.39, 0.29) is 11.6 Å². The Balaban J connectivity index is 5.09. The van der Waals surface area contributed by atoms with Gasteiger partial charge in [0.1, 0.15) is 0 Å². The lowest BCUT2D eigenvalue weighted by atomic mass is 9.90. The summed E-state index contributed by atoms with van der Waals surface area (Å²) in [7, 11) is 3.49. The van der Waals surface area contributed by atoms with Crippen LogP contribution in [0.2, 0.25) is 0 Å². The molecule has 4 heteroatoms. The summed E-state index contributed by atoms with van der Waals surface area (Å²) in [5.41, 5.74) is 5.89. The normalized spacial score (nSPS) is 17.2. The van der Waals surface area contributed by atoms with Crippen LogP contribution in [0.15, 0.2) is 0 Å². The van der Waals surface area contributed by atoms with Crippen molar-refractivity contribution in [2.45, 2.75) is 58.2 Å². The molecule has 2 atom stereocenters. The second kappa shape index (κ2) is 8.86. The fourth-order valence-corrected chi connectivity index (χ4v) is 2.54. The first-order valence-electron chi connectivity index (χ1n) is 7.00. The minimum atomic E-state index is -0.149. The Labute approximate surface area is 113 Å². The number of nitrogens with two attached hydrogens (primary N) is 1. The molecule has 0 rings (SSSR count). The van der Waals surface area contributed by atoms with Crippen LogP contribution in [0.3, 0.4) is 0 Å². The number of nitrogens with zero attached hydrogens (tertiary/aromatic N) is 1. The van der Waals surface area contributed by atoms with Crippen LogP contribution < -0.4 is 5.73 Å². The van der Waals surface area contributed by atoms with Crippen molar-refractivity contribution < 1.29 is 9.47 Å². The predicted molar refractivity (Wildman–Crippen MR) is 76.9 cm³/mol. The monoisotopic (exact) mass is 260 g/mol. The lowest BCUT2D eigenvalue weighted by molar-refractivity contribution is -0.0602. The smallest absolute Gasteiger partial charge is 0.0736 e. The quantitative estimate of drug-likeness (QED) is 0.651. The summed E-state index contributed by atoms with van der Waals surface area (Å²) < 4.78 is 10.8. The van der Waals surface area contributed by atoms with Crippen LogP contribution in [-0.4, -0.2) is 56.5 Å². The second-order valence-corrected chi connectivity index (χ2v) is 5.10. The molecular weight excluding hydrogens is 228 g/mol. The summed E-state index contributed by atoms with van der Waals surface area (Å²) in [5.74, 6) is 0. The highest BCUT2D eigenvalue weighted by atomic mass is 16.5. The summed E-state index contributed by atoms with van der Waals surface area (Å²) >= 11 is 0. The number of hydrogen-bond donors (Lipinski definition) is 1. The fourth-order valence-electron chi connectivity index (χ4n) is 2.54. The molecule has 0 aliphatic carbocycles. The van der Waals surface area contributed by atoms with Gasteiger partial charge in [-0.15, -0.1) is 0 Å². The molecule has 0 aromatic heterocycles. The van der Waals surface area contributed by atoms with Gasteiger partial charge in [-0.25, -0.2) is 0 Å². The zero-order chi connectivity index (χ0) is 14.2. The fraction of sp³-hybridized carbons (Fsp3) is 1.00. The molecule has 0 bridgehead atoms. The van der Waals surface area contributed by atoms with E-state index in [1.807, 2.05) is 0 Å². The summed E-state index contributed by atoms with van der Waals surface area (Å²) in [5, 5.41) is 0. The second-order valence-electron chi connectivity index (χ2n) is 5.10. The number of rotatable bonds is 10. The van der Waals surface area contributed by atoms with Crippen molar-refractivity contribution in [3.05, 3.63) is 0 Å². The molecule has 0 aliphatic heterocycles. The average molecular weight is 260 g/mol. The first-order valence-corrected chi connectivity index (χ1v) is 7.00. The number of ether oxygens (including phenoxy) is 2. The van der Waals surface area contributed by atoms with Gasteiger partial charge in [0, 0.05) is 33.4 Å². The lowest BCUT2D eigenvalue weighted by Gasteiger charge is -2.48. The Hall–Kier alpha value is -0.160. The van der Waals surface area contributed by atoms with Crippen molar-refractivity contribution in [1.82, 2.24) is 4.90 Å². The van der Waals surface area contributed by atoms with Gasteiger partial charge in [-0.05, 0) is 26.7 Å². The topological polar surface area (TPSA) is 47.7 Å². The SMILES string of the molecule is CCC(CC)N(CCOC)C(C)(CN)C(C)OC. The molecule has 0 saturated carbocycles. The Morgan fingerprint density at radius 2 is 1.78 bits per heavy atom. The summed E-state index contributed by atoms with van der Waals surface area (Å²) in [6, 6.07) is 0.520. The molecule has 2 N–H and O–H groups in total. The zero-order valence-corrected chi connectivity index (χ0v) is 13.0. The molecule has 0 fully saturated rings. The Morgan fingerprint density at radius 3 is 2.11 bits per heavy atom. The first kappa shape index (κ1) is 17.8. The highest BCUT2D eigenvalue weighted by Crippen LogP contribution is 2.25. The summed E-state index contributed by atoms with van der Waals surface area (Å²) in [6.07, 6.45) is 2.33. The molecule has 18 heavy (non-hydrogen) atoms. The number of hydrogen-bond acceptors (Lipinski definition) is 4. The Morgan fingerprint density at radius 1 is 1.22 bits per heavy atom. The van der Waals surface area contributed by atoms with E-state index in [0.29, 0.717) is 12.6 Å². The molecule has 0 amide bonds. The van der Waals surface area contributed by atoms with E-state index < -0.39 is 0 Å². The standard InChI is InChI=1S/C14H32N2O2/c1-7-13(8-2)16(9-10-17-5)14(4,11-15)12(3)18-6/h12-13H,7-11,15H2,1-6H3. The largest absolute Gasteiger partial charge is 0.383 e. The van der Waals surface area contributed by atoms with Crippen molar-refractivity contribution >= 4 is 0 Å². The minimum absolute atomic E-state index is 0.0972. The van der Waals surface area contributed by atoms with Crippen LogP contribution in [0.4, 0.5) is 0 Å². The maximum Gasteiger partial charge on any atom is 0.0736 e. The van der Waals surface area contributed by atoms with E-state index >= 15 is 0 Å². The molecule has 110 valence electrons. The third-order valence-electron chi connectivity index (χ3n) is 4.22. The van der Waals surface area contributed by atoms with Crippen LogP contribution >= 0.6 is 0 Å². The van der Waals surface area contributed by atoms with E-state index in [9.17, 15) is 0 Å². The van der Waals surface area contributed by atoms with Crippen molar-refractivity contribution in [3.8, 4) is 0 Å². The summed E-state index contributed by atoms with van der Waals surface area (Å²) in [4.78, 5) is 2.46. The van der Waals surface area contributed by atoms with E-state index in [1.54, 1.807) is 14.2 Å². The molecular formula is C14H32N2O2. The van der Waals surface area contributed by atoms with E-state index in [1.165, 1.54) is 0 Å². The van der Waals surface area contributed by atoms with Gasteiger partial charge in [0.2, 0.25) is 0 Å². The van der Waals surface area contributed by atoms with Gasteiger partial charge >= 0.3 is 0 Å². The third-order valence-corrected chi connectivity index (χ3v) is 4.22. The predicted octanol–water partition coefficient (Wildman–Crippen LogP) is 1.88. The van der Waals surface area contributed by atoms with Crippen LogP contribution in [0.1, 0.15) is 40.5 Å².